The number of anilines is 1. The molecule has 0 bridgehead atoms. The second-order valence-electron chi connectivity index (χ2n) is 6.56. The number of para-hydroxylation sites is 1. The van der Waals surface area contributed by atoms with E-state index >= 15 is 0 Å². The lowest BCUT2D eigenvalue weighted by atomic mass is 9.96. The van der Waals surface area contributed by atoms with E-state index < -0.39 is 0 Å². The minimum atomic E-state index is -0.136. The van der Waals surface area contributed by atoms with E-state index in [1.165, 1.54) is 12.8 Å². The van der Waals surface area contributed by atoms with Crippen molar-refractivity contribution in [3.8, 4) is 0 Å². The van der Waals surface area contributed by atoms with Crippen molar-refractivity contribution in [2.24, 2.45) is 11.7 Å². The second kappa shape index (κ2) is 7.23. The summed E-state index contributed by atoms with van der Waals surface area (Å²) in [6.45, 7) is 5.16. The first kappa shape index (κ1) is 16.2. The molecule has 1 fully saturated rings. The van der Waals surface area contributed by atoms with Crippen molar-refractivity contribution >= 4 is 5.69 Å². The number of likely N-dealkylation sites (tertiary alicyclic amines) is 1. The highest BCUT2D eigenvalue weighted by atomic mass is 19.1. The second-order valence-corrected chi connectivity index (χ2v) is 6.56. The fourth-order valence-corrected chi connectivity index (χ4v) is 3.22. The molecule has 0 saturated carbocycles. The summed E-state index contributed by atoms with van der Waals surface area (Å²) >= 11 is 0. The minimum absolute atomic E-state index is 0.0438. The van der Waals surface area contributed by atoms with E-state index in [1.54, 1.807) is 12.1 Å². The standard InChI is InChI=1S/C17H28FN3/c1-13(19)11-15-5-4-6-16(18)17(15)21(3)12-14-7-9-20(2)10-8-14/h4-6,13-14H,7-12,19H2,1-3H3. The summed E-state index contributed by atoms with van der Waals surface area (Å²) in [5.41, 5.74) is 7.64. The zero-order chi connectivity index (χ0) is 15.4. The molecule has 1 aromatic carbocycles. The van der Waals surface area contributed by atoms with Crippen molar-refractivity contribution in [2.75, 3.05) is 38.6 Å². The Kier molecular flexibility index (Phi) is 5.59. The number of hydrogen-bond acceptors (Lipinski definition) is 3. The van der Waals surface area contributed by atoms with E-state index in [0.29, 0.717) is 12.3 Å². The van der Waals surface area contributed by atoms with Gasteiger partial charge >= 0.3 is 0 Å². The maximum atomic E-state index is 14.3. The smallest absolute Gasteiger partial charge is 0.146 e. The Bertz CT molecular complexity index is 453. The van der Waals surface area contributed by atoms with Crippen molar-refractivity contribution in [3.05, 3.63) is 29.6 Å². The van der Waals surface area contributed by atoms with E-state index in [2.05, 4.69) is 16.8 Å². The van der Waals surface area contributed by atoms with Gasteiger partial charge in [0.05, 0.1) is 5.69 Å². The van der Waals surface area contributed by atoms with Crippen LogP contribution in [-0.2, 0) is 6.42 Å². The van der Waals surface area contributed by atoms with Crippen molar-refractivity contribution in [2.45, 2.75) is 32.2 Å². The van der Waals surface area contributed by atoms with Crippen LogP contribution >= 0.6 is 0 Å². The molecule has 1 heterocycles. The monoisotopic (exact) mass is 293 g/mol. The number of nitrogens with two attached hydrogens (primary N) is 1. The Labute approximate surface area is 127 Å². The number of hydrogen-bond donors (Lipinski definition) is 1. The molecule has 118 valence electrons. The average Bonchev–Trinajstić information content (AvgIpc) is 2.40. The molecule has 1 aliphatic heterocycles. The molecule has 0 aromatic heterocycles. The minimum Gasteiger partial charge on any atom is -0.372 e. The topological polar surface area (TPSA) is 32.5 Å². The number of benzene rings is 1. The van der Waals surface area contributed by atoms with Crippen LogP contribution in [0.2, 0.25) is 0 Å². The highest BCUT2D eigenvalue weighted by molar-refractivity contribution is 5.54. The first-order valence-corrected chi connectivity index (χ1v) is 7.90. The Balaban J connectivity index is 2.09. The quantitative estimate of drug-likeness (QED) is 0.905. The van der Waals surface area contributed by atoms with Crippen molar-refractivity contribution in [3.63, 3.8) is 0 Å². The normalized spacial score (nSPS) is 18.7. The van der Waals surface area contributed by atoms with Gasteiger partial charge in [-0.15, -0.1) is 0 Å². The molecule has 1 atom stereocenters. The van der Waals surface area contributed by atoms with Crippen LogP contribution in [0.5, 0.6) is 0 Å². The highest BCUT2D eigenvalue weighted by Gasteiger charge is 2.21. The summed E-state index contributed by atoms with van der Waals surface area (Å²) < 4.78 is 14.3. The Morgan fingerprint density at radius 2 is 2.05 bits per heavy atom. The van der Waals surface area contributed by atoms with Crippen LogP contribution in [0.25, 0.3) is 0 Å². The first-order valence-electron chi connectivity index (χ1n) is 7.90. The number of piperidine rings is 1. The summed E-state index contributed by atoms with van der Waals surface area (Å²) in [5.74, 6) is 0.512. The molecule has 0 amide bonds. The maximum absolute atomic E-state index is 14.3. The predicted molar refractivity (Wildman–Crippen MR) is 87.2 cm³/mol. The van der Waals surface area contributed by atoms with Crippen LogP contribution < -0.4 is 10.6 Å². The zero-order valence-corrected chi connectivity index (χ0v) is 13.5. The lowest BCUT2D eigenvalue weighted by molar-refractivity contribution is 0.222. The highest BCUT2D eigenvalue weighted by Crippen LogP contribution is 2.27. The third-order valence-corrected chi connectivity index (χ3v) is 4.36. The van der Waals surface area contributed by atoms with Gasteiger partial charge < -0.3 is 15.5 Å². The largest absolute Gasteiger partial charge is 0.372 e. The first-order chi connectivity index (χ1) is 9.97. The van der Waals surface area contributed by atoms with E-state index in [1.807, 2.05) is 20.0 Å². The molecule has 4 heteroatoms. The maximum Gasteiger partial charge on any atom is 0.146 e. The van der Waals surface area contributed by atoms with Gasteiger partial charge in [0, 0.05) is 19.6 Å². The molecule has 3 nitrogen and oxygen atoms in total. The van der Waals surface area contributed by atoms with Crippen molar-refractivity contribution in [1.82, 2.24) is 4.90 Å². The van der Waals surface area contributed by atoms with Crippen molar-refractivity contribution < 1.29 is 4.39 Å². The van der Waals surface area contributed by atoms with Crippen LogP contribution in [0, 0.1) is 11.7 Å². The summed E-state index contributed by atoms with van der Waals surface area (Å²) in [6.07, 6.45) is 3.10. The molecule has 1 unspecified atom stereocenters. The van der Waals surface area contributed by atoms with Crippen molar-refractivity contribution in [1.29, 1.82) is 0 Å². The summed E-state index contributed by atoms with van der Waals surface area (Å²) in [6, 6.07) is 5.36. The summed E-state index contributed by atoms with van der Waals surface area (Å²) in [4.78, 5) is 4.45. The molecule has 0 spiro atoms. The molecule has 1 aliphatic rings. The number of rotatable bonds is 5. The van der Waals surface area contributed by atoms with Gasteiger partial charge in [-0.1, -0.05) is 12.1 Å². The lowest BCUT2D eigenvalue weighted by Gasteiger charge is -2.33. The number of nitrogens with zero attached hydrogens (tertiary/aromatic N) is 2. The molecule has 2 rings (SSSR count). The molecule has 1 saturated heterocycles. The molecule has 0 radical (unpaired) electrons. The SMILES string of the molecule is CC(N)Cc1cccc(F)c1N(C)CC1CCN(C)CC1. The van der Waals surface area contributed by atoms with E-state index in [4.69, 9.17) is 5.73 Å². The molecule has 21 heavy (non-hydrogen) atoms. The third-order valence-electron chi connectivity index (χ3n) is 4.36. The molecular formula is C17H28FN3. The van der Waals surface area contributed by atoms with E-state index in [0.717, 1.165) is 30.9 Å². The fraction of sp³-hybridized carbons (Fsp3) is 0.647. The van der Waals surface area contributed by atoms with Crippen LogP contribution in [-0.4, -0.2) is 44.7 Å². The number of halogens is 1. The molecular weight excluding hydrogens is 265 g/mol. The zero-order valence-electron chi connectivity index (χ0n) is 13.5. The van der Waals surface area contributed by atoms with Crippen LogP contribution in [0.1, 0.15) is 25.3 Å². The average molecular weight is 293 g/mol. The van der Waals surface area contributed by atoms with Gasteiger partial charge in [-0.2, -0.15) is 0 Å². The Morgan fingerprint density at radius 1 is 1.38 bits per heavy atom. The predicted octanol–water partition coefficient (Wildman–Crippen LogP) is 2.49. The molecule has 1 aromatic rings. The fourth-order valence-electron chi connectivity index (χ4n) is 3.22. The van der Waals surface area contributed by atoms with Gasteiger partial charge in [0.25, 0.3) is 0 Å². The summed E-state index contributed by atoms with van der Waals surface area (Å²) in [5, 5.41) is 0. The van der Waals surface area contributed by atoms with Crippen LogP contribution in [0.3, 0.4) is 0 Å². The Morgan fingerprint density at radius 3 is 2.67 bits per heavy atom. The van der Waals surface area contributed by atoms with Gasteiger partial charge in [-0.25, -0.2) is 4.39 Å². The van der Waals surface area contributed by atoms with Gasteiger partial charge in [0.15, 0.2) is 0 Å². The van der Waals surface area contributed by atoms with E-state index in [9.17, 15) is 4.39 Å². The molecule has 2 N–H and O–H groups in total. The lowest BCUT2D eigenvalue weighted by Crippen LogP contribution is -2.36. The van der Waals surface area contributed by atoms with Gasteiger partial charge in [0.1, 0.15) is 5.82 Å². The van der Waals surface area contributed by atoms with Crippen LogP contribution in [0.4, 0.5) is 10.1 Å². The van der Waals surface area contributed by atoms with Gasteiger partial charge in [-0.05, 0) is 63.9 Å². The summed E-state index contributed by atoms with van der Waals surface area (Å²) in [7, 11) is 4.17. The van der Waals surface area contributed by atoms with Crippen LogP contribution in [0.15, 0.2) is 18.2 Å². The Hall–Kier alpha value is -1.13. The van der Waals surface area contributed by atoms with E-state index in [-0.39, 0.29) is 11.9 Å². The molecule has 0 aliphatic carbocycles. The van der Waals surface area contributed by atoms with Gasteiger partial charge in [0.2, 0.25) is 0 Å². The third kappa shape index (κ3) is 4.42. The van der Waals surface area contributed by atoms with Gasteiger partial charge in [-0.3, -0.25) is 0 Å².